The van der Waals surface area contributed by atoms with Gasteiger partial charge in [-0.25, -0.2) is 17.7 Å². The number of carbonyl (C=O) groups is 2. The van der Waals surface area contributed by atoms with Crippen LogP contribution in [0.1, 0.15) is 34.2 Å². The number of carbonyl (C=O) groups excluding carboxylic acids is 2. The number of sulfonamides is 1. The Labute approximate surface area is 227 Å². The largest absolute Gasteiger partial charge is 0.361 e. The Balaban J connectivity index is 1.59. The summed E-state index contributed by atoms with van der Waals surface area (Å²) < 4.78 is 43.5. The highest BCUT2D eigenvalue weighted by Gasteiger charge is 2.47. The number of hydrogen-bond donors (Lipinski definition) is 1. The van der Waals surface area contributed by atoms with E-state index in [0.717, 1.165) is 44.6 Å². The van der Waals surface area contributed by atoms with Gasteiger partial charge in [-0.1, -0.05) is 24.3 Å². The zero-order valence-electron chi connectivity index (χ0n) is 22.3. The maximum Gasteiger partial charge on any atom is 0.252 e. The minimum Gasteiger partial charge on any atom is -0.361 e. The summed E-state index contributed by atoms with van der Waals surface area (Å²) in [6.07, 6.45) is 1.88. The first-order valence-electron chi connectivity index (χ1n) is 12.8. The monoisotopic (exact) mass is 547 g/mol. The van der Waals surface area contributed by atoms with Crippen molar-refractivity contribution in [2.75, 3.05) is 11.4 Å². The zero-order chi connectivity index (χ0) is 28.1. The Morgan fingerprint density at radius 2 is 1.62 bits per heavy atom. The molecule has 1 aliphatic heterocycles. The highest BCUT2D eigenvalue weighted by Crippen LogP contribution is 2.34. The number of aromatic nitrogens is 1. The molecule has 0 radical (unpaired) electrons. The number of nitrogens with one attached hydrogen (secondary N) is 1. The van der Waals surface area contributed by atoms with Crippen molar-refractivity contribution >= 4 is 38.4 Å². The molecule has 1 fully saturated rings. The Kier molecular flexibility index (Phi) is 6.90. The van der Waals surface area contributed by atoms with Crippen LogP contribution in [0, 0.1) is 33.5 Å². The van der Waals surface area contributed by atoms with Gasteiger partial charge in [0.1, 0.15) is 11.9 Å². The van der Waals surface area contributed by atoms with Crippen molar-refractivity contribution < 1.29 is 22.4 Å². The molecule has 1 aromatic heterocycles. The van der Waals surface area contributed by atoms with Crippen LogP contribution in [0.2, 0.25) is 0 Å². The third kappa shape index (κ3) is 4.66. The maximum absolute atomic E-state index is 14.4. The van der Waals surface area contributed by atoms with Crippen molar-refractivity contribution in [2.24, 2.45) is 0 Å². The van der Waals surface area contributed by atoms with E-state index in [1.807, 2.05) is 50.4 Å². The average Bonchev–Trinajstić information content (AvgIpc) is 3.43. The van der Waals surface area contributed by atoms with Gasteiger partial charge < -0.3 is 4.98 Å². The van der Waals surface area contributed by atoms with Crippen molar-refractivity contribution in [3.63, 3.8) is 0 Å². The summed E-state index contributed by atoms with van der Waals surface area (Å²) >= 11 is 0. The molecular formula is C30H30FN3O4S. The molecule has 0 spiro atoms. The zero-order valence-corrected chi connectivity index (χ0v) is 23.1. The van der Waals surface area contributed by atoms with Crippen LogP contribution < -0.4 is 4.90 Å². The van der Waals surface area contributed by atoms with E-state index < -0.39 is 33.7 Å². The molecule has 39 heavy (non-hydrogen) atoms. The van der Waals surface area contributed by atoms with Crippen molar-refractivity contribution in [3.8, 4) is 0 Å². The molecule has 9 heteroatoms. The lowest BCUT2D eigenvalue weighted by molar-refractivity contribution is -0.122. The van der Waals surface area contributed by atoms with Gasteiger partial charge in [-0.05, 0) is 92.3 Å². The summed E-state index contributed by atoms with van der Waals surface area (Å²) in [6, 6.07) is 13.5. The Morgan fingerprint density at radius 3 is 2.28 bits per heavy atom. The van der Waals surface area contributed by atoms with E-state index in [-0.39, 0.29) is 23.5 Å². The summed E-state index contributed by atoms with van der Waals surface area (Å²) in [6.45, 7) is 7.24. The van der Waals surface area contributed by atoms with Crippen LogP contribution in [0.15, 0.2) is 65.7 Å². The van der Waals surface area contributed by atoms with Gasteiger partial charge in [-0.3, -0.25) is 9.59 Å². The smallest absolute Gasteiger partial charge is 0.252 e. The van der Waals surface area contributed by atoms with Crippen LogP contribution in [0.5, 0.6) is 0 Å². The van der Waals surface area contributed by atoms with Crippen molar-refractivity contribution in [3.05, 3.63) is 94.4 Å². The number of imide groups is 1. The number of amides is 2. The molecule has 0 saturated carbocycles. The quantitative estimate of drug-likeness (QED) is 0.326. The van der Waals surface area contributed by atoms with Crippen LogP contribution in [0.25, 0.3) is 10.9 Å². The molecular weight excluding hydrogens is 517 g/mol. The van der Waals surface area contributed by atoms with E-state index in [9.17, 15) is 22.4 Å². The second-order valence-electron chi connectivity index (χ2n) is 10.1. The van der Waals surface area contributed by atoms with Crippen molar-refractivity contribution in [1.82, 2.24) is 9.29 Å². The molecule has 2 heterocycles. The van der Waals surface area contributed by atoms with Crippen LogP contribution in [0.3, 0.4) is 0 Å². The van der Waals surface area contributed by atoms with Gasteiger partial charge in [-0.15, -0.1) is 0 Å². The molecule has 4 aromatic rings. The van der Waals surface area contributed by atoms with E-state index in [0.29, 0.717) is 17.5 Å². The minimum absolute atomic E-state index is 0.00298. The number of hydrogen-bond acceptors (Lipinski definition) is 4. The lowest BCUT2D eigenvalue weighted by Crippen LogP contribution is -2.46. The van der Waals surface area contributed by atoms with E-state index in [1.165, 1.54) is 16.4 Å². The first-order valence-corrected chi connectivity index (χ1v) is 14.2. The maximum atomic E-state index is 14.4. The molecule has 2 amide bonds. The van der Waals surface area contributed by atoms with Crippen molar-refractivity contribution in [1.29, 1.82) is 0 Å². The molecule has 1 atom stereocenters. The minimum atomic E-state index is -4.20. The van der Waals surface area contributed by atoms with Gasteiger partial charge in [0.15, 0.2) is 0 Å². The lowest BCUT2D eigenvalue weighted by Gasteiger charge is -2.29. The Hall–Kier alpha value is -3.82. The first-order chi connectivity index (χ1) is 18.5. The normalized spacial score (nSPS) is 16.2. The van der Waals surface area contributed by atoms with E-state index in [4.69, 9.17) is 0 Å². The fourth-order valence-electron chi connectivity index (χ4n) is 5.40. The van der Waals surface area contributed by atoms with E-state index >= 15 is 0 Å². The average molecular weight is 548 g/mol. The third-order valence-electron chi connectivity index (χ3n) is 7.70. The van der Waals surface area contributed by atoms with Crippen LogP contribution in [0.4, 0.5) is 10.1 Å². The highest BCUT2D eigenvalue weighted by molar-refractivity contribution is 7.89. The molecule has 0 aliphatic carbocycles. The SMILES string of the molecule is Cc1cc(C)c(C)c(S(=O)(=O)N(CCc2c[nH]c3ccccc23)C2CC(=O)N(c3ccc(F)cc3)C2=O)c1C. The summed E-state index contributed by atoms with van der Waals surface area (Å²) in [4.78, 5) is 31.1. The fraction of sp³-hybridized carbons (Fsp3) is 0.267. The van der Waals surface area contributed by atoms with Gasteiger partial charge in [-0.2, -0.15) is 4.31 Å². The van der Waals surface area contributed by atoms with Crippen LogP contribution in [-0.4, -0.2) is 42.1 Å². The summed E-state index contributed by atoms with van der Waals surface area (Å²) in [7, 11) is -4.20. The highest BCUT2D eigenvalue weighted by atomic mass is 32.2. The fourth-order valence-corrected chi connectivity index (χ4v) is 7.56. The van der Waals surface area contributed by atoms with Gasteiger partial charge in [0.05, 0.1) is 17.0 Å². The van der Waals surface area contributed by atoms with Crippen molar-refractivity contribution in [2.45, 2.75) is 51.5 Å². The number of benzene rings is 3. The van der Waals surface area contributed by atoms with Gasteiger partial charge in [0, 0.05) is 23.6 Å². The number of anilines is 1. The summed E-state index contributed by atoms with van der Waals surface area (Å²) in [5.74, 6) is -1.68. The molecule has 1 saturated heterocycles. The predicted octanol–water partition coefficient (Wildman–Crippen LogP) is 5.11. The second-order valence-corrected chi connectivity index (χ2v) is 11.9. The van der Waals surface area contributed by atoms with Gasteiger partial charge >= 0.3 is 0 Å². The molecule has 1 aliphatic rings. The number of fused-ring (bicyclic) bond motifs is 1. The topological polar surface area (TPSA) is 90.6 Å². The molecule has 0 bridgehead atoms. The van der Waals surface area contributed by atoms with Gasteiger partial charge in [0.25, 0.3) is 5.91 Å². The number of H-pyrrole nitrogens is 1. The predicted molar refractivity (Wildman–Crippen MR) is 149 cm³/mol. The van der Waals surface area contributed by atoms with Crippen LogP contribution >= 0.6 is 0 Å². The molecule has 1 unspecified atom stereocenters. The molecule has 202 valence electrons. The standard InChI is InChI=1S/C30H30FN3O4S/c1-18-15-19(2)21(4)29(20(18)3)39(37,38)33(14-13-22-17-32-26-8-6-5-7-25(22)26)27-16-28(35)34(30(27)36)24-11-9-23(31)10-12-24/h5-12,15,17,27,32H,13-14,16H2,1-4H3. The number of para-hydroxylation sites is 1. The molecule has 7 nitrogen and oxygen atoms in total. The lowest BCUT2D eigenvalue weighted by atomic mass is 10.0. The van der Waals surface area contributed by atoms with E-state index in [2.05, 4.69) is 4.98 Å². The molecule has 1 N–H and O–H groups in total. The first kappa shape index (κ1) is 26.8. The van der Waals surface area contributed by atoms with E-state index in [1.54, 1.807) is 13.8 Å². The Bertz CT molecular complexity index is 1680. The van der Waals surface area contributed by atoms with Crippen LogP contribution in [-0.2, 0) is 26.0 Å². The number of aromatic amines is 1. The number of aryl methyl sites for hydroxylation is 2. The third-order valence-corrected chi connectivity index (χ3v) is 9.88. The molecule has 3 aromatic carbocycles. The van der Waals surface area contributed by atoms with Gasteiger partial charge in [0.2, 0.25) is 15.9 Å². The second kappa shape index (κ2) is 10.1. The number of halogens is 1. The summed E-state index contributed by atoms with van der Waals surface area (Å²) in [5.41, 5.74) is 4.93. The Morgan fingerprint density at radius 1 is 0.974 bits per heavy atom. The number of nitrogens with zero attached hydrogens (tertiary/aromatic N) is 2. The summed E-state index contributed by atoms with van der Waals surface area (Å²) in [5, 5.41) is 0.968. The number of rotatable bonds is 7. The molecule has 5 rings (SSSR count).